The molecule has 5 heteroatoms. The van der Waals surface area contributed by atoms with Gasteiger partial charge in [0.25, 0.3) is 5.91 Å². The third-order valence-electron chi connectivity index (χ3n) is 3.18. The average Bonchev–Trinajstić information content (AvgIpc) is 2.49. The minimum Gasteiger partial charge on any atom is -0.449 e. The molecule has 3 N–H and O–H groups in total. The lowest BCUT2D eigenvalue weighted by Crippen LogP contribution is -2.30. The zero-order chi connectivity index (χ0) is 16.1. The molecule has 2 aromatic rings. The highest BCUT2D eigenvalue weighted by Crippen LogP contribution is 2.14. The number of anilines is 2. The summed E-state index contributed by atoms with van der Waals surface area (Å²) in [5.74, 6) is -0.966. The molecular formula is C17H18N2O3. The summed E-state index contributed by atoms with van der Waals surface area (Å²) in [5.41, 5.74) is 8.03. The van der Waals surface area contributed by atoms with Crippen molar-refractivity contribution in [2.75, 3.05) is 11.1 Å². The molecule has 2 aromatic carbocycles. The van der Waals surface area contributed by atoms with Crippen LogP contribution in [-0.2, 0) is 9.53 Å². The Kier molecular flexibility index (Phi) is 4.78. The van der Waals surface area contributed by atoms with Crippen LogP contribution < -0.4 is 11.1 Å². The molecule has 0 heterocycles. The molecule has 0 aliphatic heterocycles. The van der Waals surface area contributed by atoms with Gasteiger partial charge in [0.05, 0.1) is 5.56 Å². The molecule has 0 aliphatic rings. The largest absolute Gasteiger partial charge is 0.449 e. The highest BCUT2D eigenvalue weighted by Gasteiger charge is 2.19. The Morgan fingerprint density at radius 2 is 1.86 bits per heavy atom. The number of esters is 1. The molecule has 5 nitrogen and oxygen atoms in total. The first-order valence-corrected chi connectivity index (χ1v) is 6.90. The smallest absolute Gasteiger partial charge is 0.338 e. The number of nitrogens with two attached hydrogens (primary N) is 1. The second-order valence-electron chi connectivity index (χ2n) is 4.98. The van der Waals surface area contributed by atoms with Crippen LogP contribution in [0.5, 0.6) is 0 Å². The molecule has 1 unspecified atom stereocenters. The Hall–Kier alpha value is -2.82. The van der Waals surface area contributed by atoms with Crippen molar-refractivity contribution in [3.63, 3.8) is 0 Å². The Bertz CT molecular complexity index is 698. The Labute approximate surface area is 129 Å². The minimum atomic E-state index is -0.909. The zero-order valence-electron chi connectivity index (χ0n) is 12.5. The number of carbonyl (C=O) groups excluding carboxylic acids is 2. The fraction of sp³-hybridized carbons (Fsp3) is 0.176. The summed E-state index contributed by atoms with van der Waals surface area (Å²) in [4.78, 5) is 24.1. The highest BCUT2D eigenvalue weighted by atomic mass is 16.5. The van der Waals surface area contributed by atoms with Gasteiger partial charge < -0.3 is 15.8 Å². The van der Waals surface area contributed by atoms with Gasteiger partial charge in [-0.1, -0.05) is 24.3 Å². The maximum Gasteiger partial charge on any atom is 0.338 e. The third-order valence-corrected chi connectivity index (χ3v) is 3.18. The Balaban J connectivity index is 1.99. The van der Waals surface area contributed by atoms with Crippen LogP contribution in [0.4, 0.5) is 11.4 Å². The number of rotatable bonds is 4. The van der Waals surface area contributed by atoms with Crippen molar-refractivity contribution in [1.82, 2.24) is 0 Å². The summed E-state index contributed by atoms with van der Waals surface area (Å²) in [7, 11) is 0. The first kappa shape index (κ1) is 15.6. The van der Waals surface area contributed by atoms with E-state index in [1.54, 1.807) is 24.3 Å². The summed E-state index contributed by atoms with van der Waals surface area (Å²) in [6, 6.07) is 13.8. The maximum atomic E-state index is 12.1. The summed E-state index contributed by atoms with van der Waals surface area (Å²) in [6.07, 6.45) is -0.909. The molecule has 0 bridgehead atoms. The number of ether oxygens (including phenoxy) is 1. The number of nitrogens with one attached hydrogen (secondary N) is 1. The number of para-hydroxylation sites is 1. The monoisotopic (exact) mass is 298 g/mol. The topological polar surface area (TPSA) is 81.4 Å². The van der Waals surface area contributed by atoms with Crippen molar-refractivity contribution >= 4 is 23.3 Å². The lowest BCUT2D eigenvalue weighted by Gasteiger charge is -2.14. The van der Waals surface area contributed by atoms with Crippen molar-refractivity contribution in [2.45, 2.75) is 20.0 Å². The molecule has 22 heavy (non-hydrogen) atoms. The van der Waals surface area contributed by atoms with Crippen molar-refractivity contribution in [1.29, 1.82) is 0 Å². The van der Waals surface area contributed by atoms with E-state index in [9.17, 15) is 9.59 Å². The van der Waals surface area contributed by atoms with Gasteiger partial charge in [-0.15, -0.1) is 0 Å². The lowest BCUT2D eigenvalue weighted by atomic mass is 10.2. The van der Waals surface area contributed by atoms with Crippen molar-refractivity contribution in [2.24, 2.45) is 0 Å². The van der Waals surface area contributed by atoms with Crippen molar-refractivity contribution in [3.05, 3.63) is 59.7 Å². The van der Waals surface area contributed by atoms with Gasteiger partial charge in [0.2, 0.25) is 0 Å². The number of aryl methyl sites for hydroxylation is 1. The minimum absolute atomic E-state index is 0.315. The van der Waals surface area contributed by atoms with Gasteiger partial charge in [-0.05, 0) is 43.7 Å². The van der Waals surface area contributed by atoms with E-state index < -0.39 is 12.1 Å². The van der Waals surface area contributed by atoms with Crippen LogP contribution in [0.15, 0.2) is 48.5 Å². The summed E-state index contributed by atoms with van der Waals surface area (Å²) < 4.78 is 5.16. The van der Waals surface area contributed by atoms with E-state index in [2.05, 4.69) is 5.32 Å². The van der Waals surface area contributed by atoms with Gasteiger partial charge in [0.15, 0.2) is 6.10 Å². The van der Waals surface area contributed by atoms with Gasteiger partial charge in [0.1, 0.15) is 0 Å². The van der Waals surface area contributed by atoms with Crippen LogP contribution in [0.3, 0.4) is 0 Å². The van der Waals surface area contributed by atoms with Gasteiger partial charge in [0, 0.05) is 11.4 Å². The third kappa shape index (κ3) is 3.85. The summed E-state index contributed by atoms with van der Waals surface area (Å²) in [5, 5.41) is 2.74. The Morgan fingerprint density at radius 3 is 2.55 bits per heavy atom. The highest BCUT2D eigenvalue weighted by molar-refractivity contribution is 5.97. The average molecular weight is 298 g/mol. The molecule has 0 aliphatic carbocycles. The van der Waals surface area contributed by atoms with E-state index >= 15 is 0 Å². The number of nitrogen functional groups attached to an aromatic ring is 1. The lowest BCUT2D eigenvalue weighted by molar-refractivity contribution is -0.123. The molecule has 0 saturated heterocycles. The molecule has 0 aromatic heterocycles. The molecule has 0 spiro atoms. The van der Waals surface area contributed by atoms with E-state index in [-0.39, 0.29) is 5.91 Å². The van der Waals surface area contributed by atoms with E-state index in [4.69, 9.17) is 10.5 Å². The number of benzene rings is 2. The fourth-order valence-electron chi connectivity index (χ4n) is 1.90. The van der Waals surface area contributed by atoms with Crippen LogP contribution in [0, 0.1) is 6.92 Å². The van der Waals surface area contributed by atoms with Gasteiger partial charge in [-0.2, -0.15) is 0 Å². The molecular weight excluding hydrogens is 280 g/mol. The first-order valence-electron chi connectivity index (χ1n) is 6.90. The molecule has 1 atom stereocenters. The van der Waals surface area contributed by atoms with E-state index in [0.717, 1.165) is 5.56 Å². The van der Waals surface area contributed by atoms with Crippen molar-refractivity contribution < 1.29 is 14.3 Å². The zero-order valence-corrected chi connectivity index (χ0v) is 12.5. The molecule has 2 rings (SSSR count). The number of amides is 1. The quantitative estimate of drug-likeness (QED) is 0.671. The second-order valence-corrected chi connectivity index (χ2v) is 4.98. The number of hydrogen-bond acceptors (Lipinski definition) is 4. The van der Waals surface area contributed by atoms with Gasteiger partial charge in [-0.25, -0.2) is 4.79 Å². The SMILES string of the molecule is Cc1ccccc1NC(=O)C(C)OC(=O)c1cccc(N)c1. The summed E-state index contributed by atoms with van der Waals surface area (Å²) in [6.45, 7) is 3.41. The molecule has 0 radical (unpaired) electrons. The normalized spacial score (nSPS) is 11.5. The predicted molar refractivity (Wildman–Crippen MR) is 85.5 cm³/mol. The molecule has 0 saturated carbocycles. The van der Waals surface area contributed by atoms with Crippen LogP contribution >= 0.6 is 0 Å². The molecule has 1 amide bonds. The maximum absolute atomic E-state index is 12.1. The number of hydrogen-bond donors (Lipinski definition) is 2. The van der Waals surface area contributed by atoms with Crippen molar-refractivity contribution in [3.8, 4) is 0 Å². The molecule has 114 valence electrons. The predicted octanol–water partition coefficient (Wildman–Crippen LogP) is 2.76. The van der Waals surface area contributed by atoms with Gasteiger partial charge in [-0.3, -0.25) is 4.79 Å². The fourth-order valence-corrected chi connectivity index (χ4v) is 1.90. The van der Waals surface area contributed by atoms with Gasteiger partial charge >= 0.3 is 5.97 Å². The molecule has 0 fully saturated rings. The standard InChI is InChI=1S/C17H18N2O3/c1-11-6-3-4-9-15(11)19-16(20)12(2)22-17(21)13-7-5-8-14(18)10-13/h3-10,12H,18H2,1-2H3,(H,19,20). The summed E-state index contributed by atoms with van der Waals surface area (Å²) >= 11 is 0. The van der Waals surface area contributed by atoms with Crippen LogP contribution in [0.2, 0.25) is 0 Å². The Morgan fingerprint density at radius 1 is 1.14 bits per heavy atom. The number of carbonyl (C=O) groups is 2. The van der Waals surface area contributed by atoms with E-state index in [0.29, 0.717) is 16.9 Å². The van der Waals surface area contributed by atoms with Crippen LogP contribution in [-0.4, -0.2) is 18.0 Å². The van der Waals surface area contributed by atoms with Crippen LogP contribution in [0.25, 0.3) is 0 Å². The van der Waals surface area contributed by atoms with E-state index in [1.807, 2.05) is 25.1 Å². The van der Waals surface area contributed by atoms with E-state index in [1.165, 1.54) is 13.0 Å². The van der Waals surface area contributed by atoms with Crippen LogP contribution in [0.1, 0.15) is 22.8 Å². The second kappa shape index (κ2) is 6.76. The first-order chi connectivity index (χ1) is 10.5.